The van der Waals surface area contributed by atoms with E-state index in [-0.39, 0.29) is 0 Å². The molecule has 0 radical (unpaired) electrons. The number of furan rings is 2. The molecular weight excluding hydrogens is 663 g/mol. The summed E-state index contributed by atoms with van der Waals surface area (Å²) in [7, 11) is 0. The van der Waals surface area contributed by atoms with Crippen LogP contribution < -0.4 is 0 Å². The third kappa shape index (κ3) is 4.98. The molecular formula is C49H29N3O2. The zero-order valence-electron chi connectivity index (χ0n) is 28.9. The van der Waals surface area contributed by atoms with E-state index in [4.69, 9.17) is 23.8 Å². The summed E-state index contributed by atoms with van der Waals surface area (Å²) in [5, 5.41) is 6.34. The van der Waals surface area contributed by atoms with E-state index < -0.39 is 0 Å². The van der Waals surface area contributed by atoms with E-state index in [9.17, 15) is 0 Å². The predicted octanol–water partition coefficient (Wildman–Crippen LogP) is 13.2. The first-order chi connectivity index (χ1) is 26.7. The molecule has 0 atom stereocenters. The van der Waals surface area contributed by atoms with Crippen molar-refractivity contribution in [3.63, 3.8) is 0 Å². The minimum absolute atomic E-state index is 0.584. The molecule has 0 aliphatic carbocycles. The lowest BCUT2D eigenvalue weighted by Gasteiger charge is -2.10. The molecule has 0 fully saturated rings. The Bertz CT molecular complexity index is 3200. The Balaban J connectivity index is 1.07. The van der Waals surface area contributed by atoms with Crippen molar-refractivity contribution in [3.05, 3.63) is 176 Å². The second-order valence-corrected chi connectivity index (χ2v) is 13.6. The van der Waals surface area contributed by atoms with Crippen LogP contribution in [0.5, 0.6) is 0 Å². The van der Waals surface area contributed by atoms with Crippen molar-refractivity contribution in [2.24, 2.45) is 0 Å². The van der Waals surface area contributed by atoms with E-state index in [0.29, 0.717) is 17.5 Å². The van der Waals surface area contributed by atoms with Gasteiger partial charge in [0.15, 0.2) is 17.5 Å². The van der Waals surface area contributed by atoms with Gasteiger partial charge in [-0.15, -0.1) is 0 Å². The van der Waals surface area contributed by atoms with E-state index in [1.165, 1.54) is 11.1 Å². The van der Waals surface area contributed by atoms with Crippen molar-refractivity contribution in [2.45, 2.75) is 0 Å². The largest absolute Gasteiger partial charge is 0.456 e. The molecule has 0 aliphatic heterocycles. The topological polar surface area (TPSA) is 65.0 Å². The quantitative estimate of drug-likeness (QED) is 0.180. The number of benzene rings is 8. The summed E-state index contributed by atoms with van der Waals surface area (Å²) in [5.41, 5.74) is 10.6. The summed E-state index contributed by atoms with van der Waals surface area (Å²) >= 11 is 0. The number of hydrogen-bond acceptors (Lipinski definition) is 5. The number of hydrogen-bond donors (Lipinski definition) is 0. The van der Waals surface area contributed by atoms with Crippen molar-refractivity contribution < 1.29 is 8.83 Å². The van der Waals surface area contributed by atoms with Gasteiger partial charge < -0.3 is 8.83 Å². The van der Waals surface area contributed by atoms with Crippen LogP contribution in [0.15, 0.2) is 185 Å². The standard InChI is InChI=1S/C49H29N3O2/c1-3-11-30(12-4-1)31-21-23-32(24-22-31)37-16-9-17-39-45-40(18-10-20-43(45)54-46(37)39)49-51-47(33-13-5-2-6-14-33)50-48(52-49)35-26-25-34-29-44-41(28-36(34)27-35)38-15-7-8-19-42(38)53-44/h1-29H. The predicted molar refractivity (Wildman–Crippen MR) is 219 cm³/mol. The average Bonchev–Trinajstić information content (AvgIpc) is 3.81. The molecule has 0 bridgehead atoms. The lowest BCUT2D eigenvalue weighted by atomic mass is 9.98. The maximum absolute atomic E-state index is 6.67. The number of rotatable bonds is 5. The van der Waals surface area contributed by atoms with Gasteiger partial charge in [0.05, 0.1) is 0 Å². The van der Waals surface area contributed by atoms with Gasteiger partial charge in [0.1, 0.15) is 22.3 Å². The monoisotopic (exact) mass is 691 g/mol. The molecule has 0 amide bonds. The van der Waals surface area contributed by atoms with Crippen molar-refractivity contribution >= 4 is 54.6 Å². The molecule has 3 heterocycles. The first-order valence-corrected chi connectivity index (χ1v) is 18.0. The Labute approximate surface area is 309 Å². The number of fused-ring (bicyclic) bond motifs is 7. The molecule has 0 unspecified atom stereocenters. The van der Waals surface area contributed by atoms with Crippen LogP contribution in [0.2, 0.25) is 0 Å². The van der Waals surface area contributed by atoms with Gasteiger partial charge in [0, 0.05) is 43.8 Å². The SMILES string of the molecule is c1ccc(-c2ccc(-c3cccc4c3oc3cccc(-c5nc(-c6ccccc6)nc(-c6ccc7cc8oc9ccccc9c8cc7c6)n5)c34)cc2)cc1. The van der Waals surface area contributed by atoms with Crippen LogP contribution >= 0.6 is 0 Å². The van der Waals surface area contributed by atoms with E-state index in [1.807, 2.05) is 66.7 Å². The molecule has 0 saturated carbocycles. The molecule has 0 N–H and O–H groups in total. The number of para-hydroxylation sites is 2. The van der Waals surface area contributed by atoms with E-state index in [0.717, 1.165) is 82.5 Å². The van der Waals surface area contributed by atoms with E-state index in [1.54, 1.807) is 0 Å². The highest BCUT2D eigenvalue weighted by molar-refractivity contribution is 6.15. The maximum Gasteiger partial charge on any atom is 0.164 e. The van der Waals surface area contributed by atoms with Crippen molar-refractivity contribution in [3.8, 4) is 56.4 Å². The van der Waals surface area contributed by atoms with Crippen LogP contribution in [-0.2, 0) is 0 Å². The summed E-state index contributed by atoms with van der Waals surface area (Å²) in [6.45, 7) is 0. The maximum atomic E-state index is 6.67. The molecule has 11 rings (SSSR count). The molecule has 5 heteroatoms. The third-order valence-electron chi connectivity index (χ3n) is 10.3. The van der Waals surface area contributed by atoms with Gasteiger partial charge in [-0.05, 0) is 57.8 Å². The van der Waals surface area contributed by atoms with Crippen molar-refractivity contribution in [1.82, 2.24) is 15.0 Å². The smallest absolute Gasteiger partial charge is 0.164 e. The summed E-state index contributed by atoms with van der Waals surface area (Å²) < 4.78 is 12.9. The highest BCUT2D eigenvalue weighted by atomic mass is 16.3. The van der Waals surface area contributed by atoms with Gasteiger partial charge in [-0.3, -0.25) is 0 Å². The van der Waals surface area contributed by atoms with Crippen molar-refractivity contribution in [2.75, 3.05) is 0 Å². The first kappa shape index (κ1) is 30.3. The van der Waals surface area contributed by atoms with Gasteiger partial charge in [-0.2, -0.15) is 0 Å². The molecule has 0 saturated heterocycles. The normalized spacial score (nSPS) is 11.7. The fourth-order valence-corrected chi connectivity index (χ4v) is 7.68. The summed E-state index contributed by atoms with van der Waals surface area (Å²) in [6, 6.07) is 60.5. The van der Waals surface area contributed by atoms with Gasteiger partial charge in [0.2, 0.25) is 0 Å². The minimum atomic E-state index is 0.584. The van der Waals surface area contributed by atoms with Gasteiger partial charge in [-0.1, -0.05) is 146 Å². The molecule has 54 heavy (non-hydrogen) atoms. The summed E-state index contributed by atoms with van der Waals surface area (Å²) in [4.78, 5) is 15.3. The van der Waals surface area contributed by atoms with Crippen molar-refractivity contribution in [1.29, 1.82) is 0 Å². The third-order valence-corrected chi connectivity index (χ3v) is 10.3. The van der Waals surface area contributed by atoms with E-state index >= 15 is 0 Å². The second kappa shape index (κ2) is 12.1. The Morgan fingerprint density at radius 2 is 0.926 bits per heavy atom. The fourth-order valence-electron chi connectivity index (χ4n) is 7.68. The summed E-state index contributed by atoms with van der Waals surface area (Å²) in [6.07, 6.45) is 0. The van der Waals surface area contributed by atoms with Gasteiger partial charge in [0.25, 0.3) is 0 Å². The fraction of sp³-hybridized carbons (Fsp3) is 0. The molecule has 0 aliphatic rings. The first-order valence-electron chi connectivity index (χ1n) is 18.0. The summed E-state index contributed by atoms with van der Waals surface area (Å²) in [5.74, 6) is 1.79. The minimum Gasteiger partial charge on any atom is -0.456 e. The van der Waals surface area contributed by atoms with Crippen LogP contribution in [0.4, 0.5) is 0 Å². The Hall–Kier alpha value is -7.37. The molecule has 8 aromatic carbocycles. The van der Waals surface area contributed by atoms with Crippen LogP contribution in [0, 0.1) is 0 Å². The highest BCUT2D eigenvalue weighted by Gasteiger charge is 2.20. The number of nitrogens with zero attached hydrogens (tertiary/aromatic N) is 3. The van der Waals surface area contributed by atoms with Crippen LogP contribution in [-0.4, -0.2) is 15.0 Å². The van der Waals surface area contributed by atoms with Gasteiger partial charge >= 0.3 is 0 Å². The van der Waals surface area contributed by atoms with Crippen LogP contribution in [0.3, 0.4) is 0 Å². The highest BCUT2D eigenvalue weighted by Crippen LogP contribution is 2.41. The lowest BCUT2D eigenvalue weighted by Crippen LogP contribution is -2.00. The van der Waals surface area contributed by atoms with E-state index in [2.05, 4.69) is 109 Å². The van der Waals surface area contributed by atoms with Crippen LogP contribution in [0.25, 0.3) is 111 Å². The molecule has 252 valence electrons. The molecule has 5 nitrogen and oxygen atoms in total. The Morgan fingerprint density at radius 3 is 1.76 bits per heavy atom. The second-order valence-electron chi connectivity index (χ2n) is 13.6. The van der Waals surface area contributed by atoms with Gasteiger partial charge in [-0.25, -0.2) is 15.0 Å². The molecule has 3 aromatic heterocycles. The zero-order valence-corrected chi connectivity index (χ0v) is 28.9. The Morgan fingerprint density at radius 1 is 0.315 bits per heavy atom. The molecule has 0 spiro atoms. The average molecular weight is 692 g/mol. The lowest BCUT2D eigenvalue weighted by molar-refractivity contribution is 0.669. The Kier molecular flexibility index (Phi) is 6.79. The van der Waals surface area contributed by atoms with Crippen LogP contribution in [0.1, 0.15) is 0 Å². The molecule has 11 aromatic rings. The zero-order chi connectivity index (χ0) is 35.6. The number of aromatic nitrogens is 3.